The molecular weight excluding hydrogens is 284 g/mol. The Morgan fingerprint density at radius 1 is 1.33 bits per heavy atom. The molecule has 0 heterocycles. The van der Waals surface area contributed by atoms with Gasteiger partial charge in [0.1, 0.15) is 0 Å². The smallest absolute Gasteiger partial charge is 0.0181 e. The van der Waals surface area contributed by atoms with Gasteiger partial charge in [0, 0.05) is 4.47 Å². The maximum absolute atomic E-state index is 4.29. The third-order valence-electron chi connectivity index (χ3n) is 3.26. The van der Waals surface area contributed by atoms with Crippen molar-refractivity contribution in [3.63, 3.8) is 0 Å². The molecule has 0 fully saturated rings. The molecular formula is C17H19Br. The first-order valence-corrected chi connectivity index (χ1v) is 7.36. The predicted molar refractivity (Wildman–Crippen MR) is 83.6 cm³/mol. The predicted octanol–water partition coefficient (Wildman–Crippen LogP) is 5.69. The Kier molecular flexibility index (Phi) is 4.60. The van der Waals surface area contributed by atoms with E-state index >= 15 is 0 Å². The highest BCUT2D eigenvalue weighted by atomic mass is 79.9. The Balaban J connectivity index is 2.36. The molecule has 1 aliphatic rings. The molecule has 0 nitrogen and oxygen atoms in total. The number of hydrogen-bond donors (Lipinski definition) is 0. The topological polar surface area (TPSA) is 0 Å². The molecule has 2 rings (SSSR count). The van der Waals surface area contributed by atoms with E-state index in [0.29, 0.717) is 0 Å². The van der Waals surface area contributed by atoms with Crippen molar-refractivity contribution < 1.29 is 0 Å². The molecule has 18 heavy (non-hydrogen) atoms. The van der Waals surface area contributed by atoms with Crippen LogP contribution in [-0.4, -0.2) is 0 Å². The second-order valence-corrected chi connectivity index (χ2v) is 5.58. The molecule has 0 saturated carbocycles. The van der Waals surface area contributed by atoms with Gasteiger partial charge < -0.3 is 0 Å². The molecule has 0 unspecified atom stereocenters. The number of aryl methyl sites for hydroxylation is 1. The summed E-state index contributed by atoms with van der Waals surface area (Å²) in [5, 5.41) is 0. The average molecular weight is 303 g/mol. The summed E-state index contributed by atoms with van der Waals surface area (Å²) < 4.78 is 1.12. The van der Waals surface area contributed by atoms with E-state index in [-0.39, 0.29) is 0 Å². The zero-order chi connectivity index (χ0) is 13.0. The lowest BCUT2D eigenvalue weighted by atomic mass is 9.91. The van der Waals surface area contributed by atoms with Gasteiger partial charge in [0.15, 0.2) is 0 Å². The fourth-order valence-corrected chi connectivity index (χ4v) is 2.67. The van der Waals surface area contributed by atoms with Crippen LogP contribution in [-0.2, 0) is 6.42 Å². The molecule has 0 N–H and O–H groups in total. The van der Waals surface area contributed by atoms with E-state index in [1.54, 1.807) is 0 Å². The van der Waals surface area contributed by atoms with E-state index in [2.05, 4.69) is 65.9 Å². The van der Waals surface area contributed by atoms with E-state index in [1.165, 1.54) is 16.7 Å². The molecule has 0 aliphatic heterocycles. The highest BCUT2D eigenvalue weighted by Gasteiger charge is 2.10. The molecule has 1 aromatic rings. The van der Waals surface area contributed by atoms with Crippen molar-refractivity contribution in [2.75, 3.05) is 0 Å². The minimum Gasteiger partial charge on any atom is -0.0906 e. The van der Waals surface area contributed by atoms with E-state index in [1.807, 2.05) is 0 Å². The first-order valence-electron chi connectivity index (χ1n) is 6.57. The zero-order valence-corrected chi connectivity index (χ0v) is 12.5. The summed E-state index contributed by atoms with van der Waals surface area (Å²) in [4.78, 5) is 0. The van der Waals surface area contributed by atoms with Crippen molar-refractivity contribution in [3.05, 3.63) is 64.2 Å². The van der Waals surface area contributed by atoms with Crippen LogP contribution < -0.4 is 0 Å². The lowest BCUT2D eigenvalue weighted by molar-refractivity contribution is 0.918. The minimum atomic E-state index is 1.11. The van der Waals surface area contributed by atoms with Crippen LogP contribution >= 0.6 is 15.9 Å². The molecule has 0 aromatic heterocycles. The van der Waals surface area contributed by atoms with Crippen LogP contribution in [0.3, 0.4) is 0 Å². The standard InChI is InChI=1S/C17H19Br/c1-3-7-15-10-11-16(18)12-17(15)13(2)14-8-5-4-6-9-14/h5,8-12H,2-4,6-7H2,1H3. The molecule has 1 aromatic carbocycles. The maximum atomic E-state index is 4.29. The van der Waals surface area contributed by atoms with Crippen molar-refractivity contribution >= 4 is 21.5 Å². The van der Waals surface area contributed by atoms with Gasteiger partial charge in [-0.25, -0.2) is 0 Å². The van der Waals surface area contributed by atoms with Gasteiger partial charge >= 0.3 is 0 Å². The largest absolute Gasteiger partial charge is 0.0906 e. The molecule has 0 radical (unpaired) electrons. The maximum Gasteiger partial charge on any atom is 0.0181 e. The average Bonchev–Trinajstić information content (AvgIpc) is 2.41. The Morgan fingerprint density at radius 3 is 2.83 bits per heavy atom. The van der Waals surface area contributed by atoms with Crippen molar-refractivity contribution in [1.82, 2.24) is 0 Å². The van der Waals surface area contributed by atoms with Gasteiger partial charge in [0.2, 0.25) is 0 Å². The highest BCUT2D eigenvalue weighted by Crippen LogP contribution is 2.30. The van der Waals surface area contributed by atoms with E-state index in [4.69, 9.17) is 0 Å². The van der Waals surface area contributed by atoms with Crippen LogP contribution in [0.25, 0.3) is 5.57 Å². The second-order valence-electron chi connectivity index (χ2n) is 4.67. The molecule has 1 aliphatic carbocycles. The van der Waals surface area contributed by atoms with E-state index < -0.39 is 0 Å². The number of allylic oxidation sites excluding steroid dienone is 5. The molecule has 94 valence electrons. The number of rotatable bonds is 4. The number of hydrogen-bond acceptors (Lipinski definition) is 0. The van der Waals surface area contributed by atoms with Gasteiger partial charge in [-0.1, -0.05) is 60.1 Å². The monoisotopic (exact) mass is 302 g/mol. The van der Waals surface area contributed by atoms with Gasteiger partial charge in [0.05, 0.1) is 0 Å². The van der Waals surface area contributed by atoms with Crippen LogP contribution in [0.1, 0.15) is 37.3 Å². The third-order valence-corrected chi connectivity index (χ3v) is 3.75. The third kappa shape index (κ3) is 3.02. The van der Waals surface area contributed by atoms with Crippen LogP contribution in [0.4, 0.5) is 0 Å². The quantitative estimate of drug-likeness (QED) is 0.670. The molecule has 0 spiro atoms. The highest BCUT2D eigenvalue weighted by molar-refractivity contribution is 9.10. The summed E-state index contributed by atoms with van der Waals surface area (Å²) in [6.07, 6.45) is 11.3. The number of halogens is 1. The lowest BCUT2D eigenvalue weighted by Crippen LogP contribution is -1.96. The normalized spacial score (nSPS) is 14.4. The van der Waals surface area contributed by atoms with Gasteiger partial charge in [-0.2, -0.15) is 0 Å². The minimum absolute atomic E-state index is 1.11. The zero-order valence-electron chi connectivity index (χ0n) is 10.9. The van der Waals surface area contributed by atoms with Crippen LogP contribution in [0.2, 0.25) is 0 Å². The van der Waals surface area contributed by atoms with Crippen molar-refractivity contribution in [2.45, 2.75) is 32.6 Å². The molecule has 0 amide bonds. The van der Waals surface area contributed by atoms with E-state index in [0.717, 1.165) is 35.7 Å². The first kappa shape index (κ1) is 13.4. The summed E-state index contributed by atoms with van der Waals surface area (Å²) in [5.74, 6) is 0. The summed E-state index contributed by atoms with van der Waals surface area (Å²) in [6.45, 7) is 6.51. The SMILES string of the molecule is C=C(C1=CCCC=C1)c1cc(Br)ccc1CCC. The van der Waals surface area contributed by atoms with Crippen LogP contribution in [0, 0.1) is 0 Å². The lowest BCUT2D eigenvalue weighted by Gasteiger charge is -2.15. The van der Waals surface area contributed by atoms with Crippen molar-refractivity contribution in [2.24, 2.45) is 0 Å². The van der Waals surface area contributed by atoms with Gasteiger partial charge in [-0.05, 0) is 53.7 Å². The molecule has 0 bridgehead atoms. The van der Waals surface area contributed by atoms with Gasteiger partial charge in [-0.3, -0.25) is 0 Å². The molecule has 0 atom stereocenters. The van der Waals surface area contributed by atoms with E-state index in [9.17, 15) is 0 Å². The number of benzene rings is 1. The Hall–Kier alpha value is -1.08. The first-order chi connectivity index (χ1) is 8.72. The second kappa shape index (κ2) is 6.19. The Labute approximate surface area is 118 Å². The van der Waals surface area contributed by atoms with Crippen molar-refractivity contribution in [1.29, 1.82) is 0 Å². The molecule has 1 heteroatoms. The van der Waals surface area contributed by atoms with Gasteiger partial charge in [0.25, 0.3) is 0 Å². The fraction of sp³-hybridized carbons (Fsp3) is 0.294. The fourth-order valence-electron chi connectivity index (χ4n) is 2.31. The Bertz CT molecular complexity index is 506. The van der Waals surface area contributed by atoms with Crippen LogP contribution in [0.15, 0.2) is 53.1 Å². The van der Waals surface area contributed by atoms with Crippen LogP contribution in [0.5, 0.6) is 0 Å². The van der Waals surface area contributed by atoms with Gasteiger partial charge in [-0.15, -0.1) is 0 Å². The van der Waals surface area contributed by atoms with Crippen molar-refractivity contribution in [3.8, 4) is 0 Å². The summed E-state index contributed by atoms with van der Waals surface area (Å²) in [5.41, 5.74) is 5.10. The summed E-state index contributed by atoms with van der Waals surface area (Å²) >= 11 is 3.56. The Morgan fingerprint density at radius 2 is 2.17 bits per heavy atom. The molecule has 0 saturated heterocycles. The summed E-state index contributed by atoms with van der Waals surface area (Å²) in [7, 11) is 0. The summed E-state index contributed by atoms with van der Waals surface area (Å²) in [6, 6.07) is 6.52.